The summed E-state index contributed by atoms with van der Waals surface area (Å²) in [5.41, 5.74) is 4.77. The Kier molecular flexibility index (Phi) is 4.94. The highest BCUT2D eigenvalue weighted by Crippen LogP contribution is 2.23. The molecule has 0 saturated heterocycles. The average molecular weight is 283 g/mol. The van der Waals surface area contributed by atoms with E-state index >= 15 is 0 Å². The molecule has 0 saturated carbocycles. The van der Waals surface area contributed by atoms with E-state index in [1.54, 1.807) is 0 Å². The van der Waals surface area contributed by atoms with Crippen molar-refractivity contribution in [2.24, 2.45) is 5.92 Å². The molecule has 0 aliphatic carbocycles. The predicted octanol–water partition coefficient (Wildman–Crippen LogP) is 4.78. The normalized spacial score (nSPS) is 11.1. The van der Waals surface area contributed by atoms with Crippen molar-refractivity contribution in [3.63, 3.8) is 0 Å². The van der Waals surface area contributed by atoms with Gasteiger partial charge in [-0.2, -0.15) is 0 Å². The van der Waals surface area contributed by atoms with Crippen molar-refractivity contribution < 1.29 is 0 Å². The fraction of sp³-hybridized carbons (Fsp3) is 0.444. The molecule has 0 aliphatic heterocycles. The van der Waals surface area contributed by atoms with Gasteiger partial charge in [-0.3, -0.25) is 4.98 Å². The number of nitrogens with one attached hydrogen (secondary N) is 2. The molecule has 0 atom stereocenters. The number of anilines is 1. The third-order valence-corrected chi connectivity index (χ3v) is 3.48. The Morgan fingerprint density at radius 3 is 2.71 bits per heavy atom. The summed E-state index contributed by atoms with van der Waals surface area (Å²) in [6, 6.07) is 8.30. The summed E-state index contributed by atoms with van der Waals surface area (Å²) in [6.07, 6.45) is 1.81. The molecular formula is C18H25N3. The lowest BCUT2D eigenvalue weighted by Crippen LogP contribution is -2.08. The van der Waals surface area contributed by atoms with Gasteiger partial charge in [-0.25, -0.2) is 0 Å². The van der Waals surface area contributed by atoms with E-state index in [0.717, 1.165) is 47.2 Å². The Morgan fingerprint density at radius 1 is 1.29 bits per heavy atom. The first-order valence-electron chi connectivity index (χ1n) is 7.74. The van der Waals surface area contributed by atoms with Gasteiger partial charge in [0.05, 0.1) is 5.52 Å². The van der Waals surface area contributed by atoms with E-state index < -0.39 is 0 Å². The van der Waals surface area contributed by atoms with Crippen LogP contribution in [0, 0.1) is 18.3 Å². The fourth-order valence-corrected chi connectivity index (χ4v) is 2.43. The molecule has 0 radical (unpaired) electrons. The van der Waals surface area contributed by atoms with E-state index in [4.69, 9.17) is 5.41 Å². The molecule has 3 heteroatoms. The minimum atomic E-state index is 0.611. The van der Waals surface area contributed by atoms with Crippen LogP contribution in [0.1, 0.15) is 44.9 Å². The van der Waals surface area contributed by atoms with Crippen molar-refractivity contribution >= 4 is 22.3 Å². The first kappa shape index (κ1) is 15.5. The minimum Gasteiger partial charge on any atom is -0.385 e. The van der Waals surface area contributed by atoms with Gasteiger partial charge < -0.3 is 10.7 Å². The number of rotatable bonds is 6. The standard InChI is InChI=1S/C18H25N3/c1-5-6-17(19)16-9-13(4)21-18-10-14(7-8-15(16)18)20-11-12(2)3/h7-10,12,19-20H,5-6,11H2,1-4H3. The predicted molar refractivity (Wildman–Crippen MR) is 91.5 cm³/mol. The van der Waals surface area contributed by atoms with Gasteiger partial charge in [0.2, 0.25) is 0 Å². The molecule has 0 aliphatic rings. The van der Waals surface area contributed by atoms with E-state index in [1.807, 2.05) is 13.0 Å². The van der Waals surface area contributed by atoms with Gasteiger partial charge in [0.25, 0.3) is 0 Å². The quantitative estimate of drug-likeness (QED) is 0.750. The highest BCUT2D eigenvalue weighted by Gasteiger charge is 2.09. The van der Waals surface area contributed by atoms with Gasteiger partial charge in [-0.1, -0.05) is 33.3 Å². The number of pyridine rings is 1. The van der Waals surface area contributed by atoms with Gasteiger partial charge in [-0.15, -0.1) is 0 Å². The Balaban J connectivity index is 2.41. The van der Waals surface area contributed by atoms with E-state index in [-0.39, 0.29) is 0 Å². The molecule has 0 spiro atoms. The molecule has 0 unspecified atom stereocenters. The van der Waals surface area contributed by atoms with Crippen molar-refractivity contribution in [3.8, 4) is 0 Å². The molecule has 0 amide bonds. The van der Waals surface area contributed by atoms with Crippen molar-refractivity contribution in [2.45, 2.75) is 40.5 Å². The topological polar surface area (TPSA) is 48.8 Å². The van der Waals surface area contributed by atoms with Crippen LogP contribution in [-0.4, -0.2) is 17.2 Å². The monoisotopic (exact) mass is 283 g/mol. The second-order valence-electron chi connectivity index (χ2n) is 6.05. The van der Waals surface area contributed by atoms with Gasteiger partial charge in [0.1, 0.15) is 0 Å². The second-order valence-corrected chi connectivity index (χ2v) is 6.05. The number of aromatic nitrogens is 1. The van der Waals surface area contributed by atoms with Crippen molar-refractivity contribution in [3.05, 3.63) is 35.5 Å². The van der Waals surface area contributed by atoms with Gasteiger partial charge in [0, 0.05) is 34.6 Å². The molecule has 0 bridgehead atoms. The largest absolute Gasteiger partial charge is 0.385 e. The van der Waals surface area contributed by atoms with Crippen LogP contribution in [0.15, 0.2) is 24.3 Å². The van der Waals surface area contributed by atoms with Crippen LogP contribution in [0.2, 0.25) is 0 Å². The Hall–Kier alpha value is -1.90. The van der Waals surface area contributed by atoms with Crippen molar-refractivity contribution in [2.75, 3.05) is 11.9 Å². The van der Waals surface area contributed by atoms with Crippen LogP contribution in [-0.2, 0) is 0 Å². The Bertz CT molecular complexity index is 644. The molecule has 1 heterocycles. The molecule has 2 rings (SSSR count). The third-order valence-electron chi connectivity index (χ3n) is 3.48. The number of hydrogen-bond acceptors (Lipinski definition) is 3. The van der Waals surface area contributed by atoms with E-state index in [0.29, 0.717) is 11.6 Å². The fourth-order valence-electron chi connectivity index (χ4n) is 2.43. The second kappa shape index (κ2) is 6.70. The van der Waals surface area contributed by atoms with Crippen LogP contribution >= 0.6 is 0 Å². The first-order chi connectivity index (χ1) is 10.0. The number of aryl methyl sites for hydroxylation is 1. The number of hydrogen-bond donors (Lipinski definition) is 2. The van der Waals surface area contributed by atoms with Gasteiger partial charge in [-0.05, 0) is 37.5 Å². The molecule has 1 aromatic carbocycles. The molecule has 3 nitrogen and oxygen atoms in total. The van der Waals surface area contributed by atoms with Crippen LogP contribution in [0.4, 0.5) is 5.69 Å². The lowest BCUT2D eigenvalue weighted by Gasteiger charge is -2.12. The molecular weight excluding hydrogens is 258 g/mol. The lowest BCUT2D eigenvalue weighted by molar-refractivity contribution is 0.689. The SMILES string of the molecule is CCCC(=N)c1cc(C)nc2cc(NCC(C)C)ccc12. The number of nitrogens with zero attached hydrogens (tertiary/aromatic N) is 1. The lowest BCUT2D eigenvalue weighted by atomic mass is 10.0. The summed E-state index contributed by atoms with van der Waals surface area (Å²) in [5.74, 6) is 0.611. The van der Waals surface area contributed by atoms with Crippen LogP contribution < -0.4 is 5.32 Å². The zero-order valence-corrected chi connectivity index (χ0v) is 13.5. The minimum absolute atomic E-state index is 0.611. The summed E-state index contributed by atoms with van der Waals surface area (Å²) < 4.78 is 0. The van der Waals surface area contributed by atoms with Crippen LogP contribution in [0.3, 0.4) is 0 Å². The molecule has 2 N–H and O–H groups in total. The Labute approximate surface area is 127 Å². The maximum absolute atomic E-state index is 8.26. The Morgan fingerprint density at radius 2 is 2.05 bits per heavy atom. The average Bonchev–Trinajstić information content (AvgIpc) is 2.44. The van der Waals surface area contributed by atoms with Gasteiger partial charge in [0.15, 0.2) is 0 Å². The summed E-state index contributed by atoms with van der Waals surface area (Å²) in [4.78, 5) is 4.63. The molecule has 112 valence electrons. The van der Waals surface area contributed by atoms with Crippen molar-refractivity contribution in [1.29, 1.82) is 5.41 Å². The number of fused-ring (bicyclic) bond motifs is 1. The smallest absolute Gasteiger partial charge is 0.0732 e. The van der Waals surface area contributed by atoms with Crippen molar-refractivity contribution in [1.82, 2.24) is 4.98 Å². The summed E-state index contributed by atoms with van der Waals surface area (Å²) in [6.45, 7) is 9.45. The summed E-state index contributed by atoms with van der Waals surface area (Å²) in [7, 11) is 0. The van der Waals surface area contributed by atoms with Gasteiger partial charge >= 0.3 is 0 Å². The highest BCUT2D eigenvalue weighted by molar-refractivity contribution is 6.09. The number of benzene rings is 1. The maximum atomic E-state index is 8.26. The molecule has 1 aromatic heterocycles. The molecule has 2 aromatic rings. The maximum Gasteiger partial charge on any atom is 0.0732 e. The van der Waals surface area contributed by atoms with Crippen LogP contribution in [0.5, 0.6) is 0 Å². The summed E-state index contributed by atoms with van der Waals surface area (Å²) in [5, 5.41) is 12.8. The zero-order valence-electron chi connectivity index (χ0n) is 13.5. The van der Waals surface area contributed by atoms with E-state index in [9.17, 15) is 0 Å². The third kappa shape index (κ3) is 3.81. The first-order valence-corrected chi connectivity index (χ1v) is 7.74. The van der Waals surface area contributed by atoms with Crippen LogP contribution in [0.25, 0.3) is 10.9 Å². The zero-order chi connectivity index (χ0) is 15.4. The van der Waals surface area contributed by atoms with E-state index in [1.165, 1.54) is 0 Å². The summed E-state index contributed by atoms with van der Waals surface area (Å²) >= 11 is 0. The molecule has 0 fully saturated rings. The highest BCUT2D eigenvalue weighted by atomic mass is 14.9. The van der Waals surface area contributed by atoms with E-state index in [2.05, 4.69) is 49.3 Å². The molecule has 21 heavy (non-hydrogen) atoms.